The van der Waals surface area contributed by atoms with Crippen LogP contribution in [0.15, 0.2) is 91.6 Å². The second-order valence-corrected chi connectivity index (χ2v) is 7.78. The van der Waals surface area contributed by atoms with E-state index in [1.807, 2.05) is 0 Å². The molecule has 0 amide bonds. The minimum Gasteiger partial charge on any atom is -0.374 e. The molecule has 3 aromatic carbocycles. The van der Waals surface area contributed by atoms with Crippen molar-refractivity contribution >= 4 is 22.2 Å². The number of nitrogens with one attached hydrogen (secondary N) is 1. The Morgan fingerprint density at radius 3 is 2.53 bits per heavy atom. The van der Waals surface area contributed by atoms with Crippen LogP contribution in [0.4, 0.5) is 5.69 Å². The van der Waals surface area contributed by atoms with E-state index in [0.717, 1.165) is 24.2 Å². The van der Waals surface area contributed by atoms with Crippen molar-refractivity contribution in [2.45, 2.75) is 25.9 Å². The summed E-state index contributed by atoms with van der Waals surface area (Å²) in [5, 5.41) is 4.95. The maximum atomic E-state index is 5.77. The van der Waals surface area contributed by atoms with Crippen molar-refractivity contribution in [2.75, 3.05) is 11.9 Å². The van der Waals surface area contributed by atoms with Crippen LogP contribution >= 0.6 is 0 Å². The molecule has 4 aromatic rings. The quantitative estimate of drug-likeness (QED) is 0.375. The zero-order valence-corrected chi connectivity index (χ0v) is 17.5. The van der Waals surface area contributed by atoms with Gasteiger partial charge in [-0.3, -0.25) is 0 Å². The van der Waals surface area contributed by atoms with Crippen LogP contribution in [0.25, 0.3) is 16.5 Å². The van der Waals surface area contributed by atoms with E-state index in [2.05, 4.69) is 108 Å². The highest BCUT2D eigenvalue weighted by molar-refractivity contribution is 5.94. The fraction of sp³-hybridized carbons (Fsp3) is 0.185. The lowest BCUT2D eigenvalue weighted by molar-refractivity contribution is 0.670. The topological polar surface area (TPSA) is 43.0 Å². The summed E-state index contributed by atoms with van der Waals surface area (Å²) in [7, 11) is 0. The predicted molar refractivity (Wildman–Crippen MR) is 129 cm³/mol. The van der Waals surface area contributed by atoms with E-state index in [4.69, 9.17) is 5.73 Å². The van der Waals surface area contributed by atoms with Crippen molar-refractivity contribution in [2.24, 2.45) is 5.73 Å². The van der Waals surface area contributed by atoms with Crippen molar-refractivity contribution in [1.82, 2.24) is 4.57 Å². The first-order valence-electron chi connectivity index (χ1n) is 10.5. The molecule has 1 aromatic heterocycles. The number of benzene rings is 3. The molecule has 0 aliphatic rings. The van der Waals surface area contributed by atoms with Crippen LogP contribution in [0.1, 0.15) is 29.2 Å². The van der Waals surface area contributed by atoms with E-state index in [9.17, 15) is 0 Å². The van der Waals surface area contributed by atoms with E-state index in [1.54, 1.807) is 0 Å². The highest BCUT2D eigenvalue weighted by atomic mass is 15.0. The Morgan fingerprint density at radius 1 is 1.00 bits per heavy atom. The molecule has 0 bridgehead atoms. The summed E-state index contributed by atoms with van der Waals surface area (Å²) in [4.78, 5) is 0. The van der Waals surface area contributed by atoms with E-state index >= 15 is 0 Å². The second-order valence-electron chi connectivity index (χ2n) is 7.78. The third-order valence-corrected chi connectivity index (χ3v) is 5.55. The molecule has 152 valence electrons. The molecule has 3 nitrogen and oxygen atoms in total. The Bertz CT molecular complexity index is 1140. The second kappa shape index (κ2) is 9.02. The fourth-order valence-electron chi connectivity index (χ4n) is 4.02. The van der Waals surface area contributed by atoms with Gasteiger partial charge in [-0.15, -0.1) is 0 Å². The van der Waals surface area contributed by atoms with Gasteiger partial charge in [-0.1, -0.05) is 67.2 Å². The number of aryl methyl sites for hydroxylation is 2. The van der Waals surface area contributed by atoms with Gasteiger partial charge in [0, 0.05) is 34.9 Å². The smallest absolute Gasteiger partial charge is 0.0768 e. The van der Waals surface area contributed by atoms with Gasteiger partial charge in [-0.05, 0) is 54.8 Å². The molecular weight excluding hydrogens is 366 g/mol. The Labute approximate surface area is 178 Å². The third kappa shape index (κ3) is 4.17. The largest absolute Gasteiger partial charge is 0.374 e. The molecule has 3 heteroatoms. The Balaban J connectivity index is 1.77. The van der Waals surface area contributed by atoms with Crippen LogP contribution in [0.2, 0.25) is 0 Å². The summed E-state index contributed by atoms with van der Waals surface area (Å²) in [5.41, 5.74) is 12.8. The van der Waals surface area contributed by atoms with Crippen LogP contribution in [0.3, 0.4) is 0 Å². The number of hydrogen-bond acceptors (Lipinski definition) is 2. The SMILES string of the molecule is C=C(c1cn(CCCN)c2ccccc12)C(Nc1cccc(C)c1)c1ccccc1. The molecule has 1 unspecified atom stereocenters. The molecular formula is C27H29N3. The Morgan fingerprint density at radius 2 is 1.77 bits per heavy atom. The van der Waals surface area contributed by atoms with E-state index in [1.165, 1.54) is 27.6 Å². The number of anilines is 1. The van der Waals surface area contributed by atoms with Gasteiger partial charge in [-0.2, -0.15) is 0 Å². The van der Waals surface area contributed by atoms with Crippen molar-refractivity contribution in [3.05, 3.63) is 108 Å². The van der Waals surface area contributed by atoms with Gasteiger partial charge in [0.25, 0.3) is 0 Å². The van der Waals surface area contributed by atoms with E-state index < -0.39 is 0 Å². The molecule has 3 N–H and O–H groups in total. The zero-order valence-electron chi connectivity index (χ0n) is 17.5. The number of nitrogens with two attached hydrogens (primary N) is 1. The summed E-state index contributed by atoms with van der Waals surface area (Å²) in [6.07, 6.45) is 3.19. The first-order chi connectivity index (χ1) is 14.7. The molecule has 30 heavy (non-hydrogen) atoms. The van der Waals surface area contributed by atoms with Crippen molar-refractivity contribution < 1.29 is 0 Å². The molecule has 0 saturated carbocycles. The molecule has 0 spiro atoms. The molecule has 0 radical (unpaired) electrons. The number of nitrogens with zero attached hydrogens (tertiary/aromatic N) is 1. The van der Waals surface area contributed by atoms with Gasteiger partial charge in [0.15, 0.2) is 0 Å². The number of aromatic nitrogens is 1. The van der Waals surface area contributed by atoms with Crippen LogP contribution in [-0.2, 0) is 6.54 Å². The minimum atomic E-state index is -0.0261. The van der Waals surface area contributed by atoms with E-state index in [-0.39, 0.29) is 6.04 Å². The van der Waals surface area contributed by atoms with Gasteiger partial charge in [-0.25, -0.2) is 0 Å². The van der Waals surface area contributed by atoms with Gasteiger partial charge in [0.1, 0.15) is 0 Å². The molecule has 1 heterocycles. The van der Waals surface area contributed by atoms with Gasteiger partial charge in [0.2, 0.25) is 0 Å². The molecule has 1 atom stereocenters. The van der Waals surface area contributed by atoms with Crippen molar-refractivity contribution in [3.8, 4) is 0 Å². The average Bonchev–Trinajstić information content (AvgIpc) is 3.15. The van der Waals surface area contributed by atoms with Crippen LogP contribution in [-0.4, -0.2) is 11.1 Å². The van der Waals surface area contributed by atoms with Crippen LogP contribution in [0.5, 0.6) is 0 Å². The number of hydrogen-bond donors (Lipinski definition) is 2. The first kappa shape index (κ1) is 20.0. The highest BCUT2D eigenvalue weighted by Crippen LogP contribution is 2.36. The predicted octanol–water partition coefficient (Wildman–Crippen LogP) is 6.17. The number of fused-ring (bicyclic) bond motifs is 1. The molecule has 0 fully saturated rings. The Hall–Kier alpha value is -3.30. The van der Waals surface area contributed by atoms with Crippen LogP contribution < -0.4 is 11.1 Å². The van der Waals surface area contributed by atoms with Crippen molar-refractivity contribution in [3.63, 3.8) is 0 Å². The zero-order chi connectivity index (χ0) is 20.9. The monoisotopic (exact) mass is 395 g/mol. The fourth-order valence-corrected chi connectivity index (χ4v) is 4.02. The lowest BCUT2D eigenvalue weighted by Gasteiger charge is -2.23. The first-order valence-corrected chi connectivity index (χ1v) is 10.5. The highest BCUT2D eigenvalue weighted by Gasteiger charge is 2.20. The average molecular weight is 396 g/mol. The lowest BCUT2D eigenvalue weighted by atomic mass is 9.93. The summed E-state index contributed by atoms with van der Waals surface area (Å²) < 4.78 is 2.30. The molecule has 4 rings (SSSR count). The summed E-state index contributed by atoms with van der Waals surface area (Å²) in [6.45, 7) is 8.27. The lowest BCUT2D eigenvalue weighted by Crippen LogP contribution is -2.12. The maximum Gasteiger partial charge on any atom is 0.0768 e. The van der Waals surface area contributed by atoms with Crippen LogP contribution in [0, 0.1) is 6.92 Å². The number of para-hydroxylation sites is 1. The van der Waals surface area contributed by atoms with Gasteiger partial charge < -0.3 is 15.6 Å². The normalized spacial score (nSPS) is 12.1. The third-order valence-electron chi connectivity index (χ3n) is 5.55. The van der Waals surface area contributed by atoms with Gasteiger partial charge >= 0.3 is 0 Å². The maximum absolute atomic E-state index is 5.77. The van der Waals surface area contributed by atoms with Crippen molar-refractivity contribution in [1.29, 1.82) is 0 Å². The van der Waals surface area contributed by atoms with E-state index in [0.29, 0.717) is 6.54 Å². The molecule has 0 aliphatic carbocycles. The summed E-state index contributed by atoms with van der Waals surface area (Å²) in [6, 6.07) is 27.5. The summed E-state index contributed by atoms with van der Waals surface area (Å²) in [5.74, 6) is 0. The minimum absolute atomic E-state index is 0.0261. The summed E-state index contributed by atoms with van der Waals surface area (Å²) >= 11 is 0. The standard InChI is InChI=1S/C27H29N3/c1-20-10-8-13-23(18-20)29-27(22-11-4-3-5-12-22)21(2)25-19-30(17-9-16-28)26-15-7-6-14-24(25)26/h3-8,10-15,18-19,27,29H,2,9,16-17,28H2,1H3. The molecule has 0 aliphatic heterocycles. The Kier molecular flexibility index (Phi) is 6.01. The number of rotatable bonds is 8. The molecule has 0 saturated heterocycles. The van der Waals surface area contributed by atoms with Gasteiger partial charge in [0.05, 0.1) is 6.04 Å².